The molecule has 0 aliphatic carbocycles. The summed E-state index contributed by atoms with van der Waals surface area (Å²) in [7, 11) is 0. The van der Waals surface area contributed by atoms with Gasteiger partial charge in [0.25, 0.3) is 5.91 Å². The van der Waals surface area contributed by atoms with Crippen LogP contribution in [0.5, 0.6) is 0 Å². The zero-order chi connectivity index (χ0) is 10.3. The zero-order valence-electron chi connectivity index (χ0n) is 7.00. The summed E-state index contributed by atoms with van der Waals surface area (Å²) in [6.07, 6.45) is 0. The van der Waals surface area contributed by atoms with Gasteiger partial charge in [0.15, 0.2) is 0 Å². The Bertz CT molecular complexity index is 521. The number of amides is 1. The largest absolute Gasteiger partial charge is 0.366 e. The molecule has 0 bridgehead atoms. The van der Waals surface area contributed by atoms with Crippen LogP contribution in [0.3, 0.4) is 0 Å². The standard InChI is InChI=1S/C9H6BrIN2O/c10-13-7(11)4-5-2-1-3-6(8(5)13)9(12)14/h1-4H,(H2,12,14). The molecule has 2 aromatic rings. The lowest BCUT2D eigenvalue weighted by Gasteiger charge is -2.00. The molecule has 0 radical (unpaired) electrons. The summed E-state index contributed by atoms with van der Waals surface area (Å²) >= 11 is 5.55. The number of hydrogen-bond acceptors (Lipinski definition) is 1. The number of hydrogen-bond donors (Lipinski definition) is 1. The van der Waals surface area contributed by atoms with Crippen LogP contribution in [-0.4, -0.2) is 9.50 Å². The minimum Gasteiger partial charge on any atom is -0.366 e. The minimum absolute atomic E-state index is 0.411. The molecule has 2 N–H and O–H groups in total. The maximum Gasteiger partial charge on any atom is 0.250 e. The summed E-state index contributed by atoms with van der Waals surface area (Å²) < 4.78 is 2.79. The van der Waals surface area contributed by atoms with Gasteiger partial charge in [-0.15, -0.1) is 0 Å². The maximum absolute atomic E-state index is 11.2. The van der Waals surface area contributed by atoms with Crippen molar-refractivity contribution < 1.29 is 4.79 Å². The van der Waals surface area contributed by atoms with E-state index in [1.54, 1.807) is 9.66 Å². The predicted molar refractivity (Wildman–Crippen MR) is 67.5 cm³/mol. The molecule has 5 heteroatoms. The lowest BCUT2D eigenvalue weighted by atomic mass is 10.1. The topological polar surface area (TPSA) is 48.0 Å². The molecule has 0 aliphatic rings. The fourth-order valence-electron chi connectivity index (χ4n) is 1.39. The molecule has 14 heavy (non-hydrogen) atoms. The number of fused-ring (bicyclic) bond motifs is 1. The van der Waals surface area contributed by atoms with E-state index in [1.807, 2.05) is 18.2 Å². The van der Waals surface area contributed by atoms with Crippen LogP contribution in [0, 0.1) is 3.70 Å². The van der Waals surface area contributed by atoms with Crippen molar-refractivity contribution in [3.8, 4) is 0 Å². The van der Waals surface area contributed by atoms with Crippen LogP contribution in [0.25, 0.3) is 10.9 Å². The average molecular weight is 365 g/mol. The number of nitrogens with zero attached hydrogens (tertiary/aromatic N) is 1. The molecule has 0 atom stereocenters. The Labute approximate surface area is 103 Å². The molecule has 0 aliphatic heterocycles. The number of nitrogens with two attached hydrogens (primary N) is 1. The number of benzene rings is 1. The van der Waals surface area contributed by atoms with Crippen molar-refractivity contribution in [1.29, 1.82) is 0 Å². The molecule has 2 rings (SSSR count). The number of aromatic nitrogens is 1. The van der Waals surface area contributed by atoms with Gasteiger partial charge in [-0.2, -0.15) is 0 Å². The van der Waals surface area contributed by atoms with Crippen LogP contribution in [0.1, 0.15) is 10.4 Å². The van der Waals surface area contributed by atoms with Crippen molar-refractivity contribution in [2.75, 3.05) is 0 Å². The average Bonchev–Trinajstić information content (AvgIpc) is 2.43. The fraction of sp³-hybridized carbons (Fsp3) is 0. The third kappa shape index (κ3) is 1.44. The van der Waals surface area contributed by atoms with Gasteiger partial charge in [0.1, 0.15) is 0 Å². The summed E-state index contributed by atoms with van der Waals surface area (Å²) in [5, 5.41) is 1.00. The normalized spacial score (nSPS) is 10.7. The Kier molecular flexibility index (Phi) is 2.52. The van der Waals surface area contributed by atoms with Gasteiger partial charge in [0, 0.05) is 5.39 Å². The summed E-state index contributed by atoms with van der Waals surface area (Å²) in [6, 6.07) is 7.47. The lowest BCUT2D eigenvalue weighted by molar-refractivity contribution is 0.100. The predicted octanol–water partition coefficient (Wildman–Crippen LogP) is 2.50. The molecule has 0 fully saturated rings. The maximum atomic E-state index is 11.2. The van der Waals surface area contributed by atoms with Gasteiger partial charge in [-0.25, -0.2) is 0 Å². The van der Waals surface area contributed by atoms with Gasteiger partial charge in [-0.05, 0) is 34.7 Å². The van der Waals surface area contributed by atoms with Crippen molar-refractivity contribution in [2.24, 2.45) is 5.73 Å². The summed E-state index contributed by atoms with van der Waals surface area (Å²) in [5.41, 5.74) is 6.64. The number of rotatable bonds is 1. The first kappa shape index (κ1) is 9.97. The van der Waals surface area contributed by atoms with E-state index in [4.69, 9.17) is 5.73 Å². The summed E-state index contributed by atoms with van der Waals surface area (Å²) in [6.45, 7) is 0. The van der Waals surface area contributed by atoms with Crippen LogP contribution < -0.4 is 5.73 Å². The van der Waals surface area contributed by atoms with Crippen molar-refractivity contribution in [2.45, 2.75) is 0 Å². The Morgan fingerprint density at radius 2 is 2.21 bits per heavy atom. The van der Waals surface area contributed by atoms with E-state index in [2.05, 4.69) is 38.7 Å². The highest BCUT2D eigenvalue weighted by Crippen LogP contribution is 2.26. The zero-order valence-corrected chi connectivity index (χ0v) is 10.7. The molecular formula is C9H6BrIN2O. The molecule has 1 aromatic heterocycles. The molecule has 0 saturated carbocycles. The van der Waals surface area contributed by atoms with Gasteiger partial charge in [0.05, 0.1) is 30.9 Å². The van der Waals surface area contributed by atoms with E-state index in [1.165, 1.54) is 0 Å². The van der Waals surface area contributed by atoms with Gasteiger partial charge in [-0.1, -0.05) is 12.1 Å². The summed E-state index contributed by atoms with van der Waals surface area (Å²) in [4.78, 5) is 11.2. The van der Waals surface area contributed by atoms with Crippen LogP contribution in [0.15, 0.2) is 24.3 Å². The Morgan fingerprint density at radius 1 is 1.50 bits per heavy atom. The van der Waals surface area contributed by atoms with Crippen molar-refractivity contribution in [3.05, 3.63) is 33.5 Å². The van der Waals surface area contributed by atoms with E-state index < -0.39 is 5.91 Å². The fourth-order valence-corrected chi connectivity index (χ4v) is 2.46. The molecule has 1 amide bonds. The monoisotopic (exact) mass is 364 g/mol. The number of carbonyl (C=O) groups excluding carboxylic acids is 1. The van der Waals surface area contributed by atoms with Gasteiger partial charge in [0.2, 0.25) is 0 Å². The van der Waals surface area contributed by atoms with Gasteiger partial charge >= 0.3 is 0 Å². The van der Waals surface area contributed by atoms with Crippen LogP contribution in [0.2, 0.25) is 0 Å². The second-order valence-electron chi connectivity index (χ2n) is 2.86. The SMILES string of the molecule is NC(=O)c1cccc2cc(I)n(Br)c12. The first-order valence-electron chi connectivity index (χ1n) is 3.87. The van der Waals surface area contributed by atoms with Gasteiger partial charge in [-0.3, -0.25) is 8.39 Å². The Balaban J connectivity index is 2.91. The van der Waals surface area contributed by atoms with Crippen molar-refractivity contribution >= 4 is 55.5 Å². The number of carbonyl (C=O) groups is 1. The molecule has 0 saturated heterocycles. The van der Waals surface area contributed by atoms with E-state index in [9.17, 15) is 4.79 Å². The molecule has 72 valence electrons. The number of primary amides is 1. The molecule has 0 spiro atoms. The van der Waals surface area contributed by atoms with Crippen LogP contribution in [0.4, 0.5) is 0 Å². The molecule has 3 nitrogen and oxygen atoms in total. The van der Waals surface area contributed by atoms with Gasteiger partial charge < -0.3 is 5.73 Å². The highest BCUT2D eigenvalue weighted by atomic mass is 127. The Morgan fingerprint density at radius 3 is 2.86 bits per heavy atom. The van der Waals surface area contributed by atoms with Crippen molar-refractivity contribution in [1.82, 2.24) is 3.59 Å². The lowest BCUT2D eigenvalue weighted by Crippen LogP contribution is -2.11. The molecular weight excluding hydrogens is 359 g/mol. The van der Waals surface area contributed by atoms with E-state index in [0.29, 0.717) is 5.56 Å². The number of para-hydroxylation sites is 1. The third-order valence-corrected chi connectivity index (χ3v) is 4.18. The van der Waals surface area contributed by atoms with Crippen LogP contribution >= 0.6 is 38.7 Å². The first-order valence-corrected chi connectivity index (χ1v) is 5.66. The number of halogens is 2. The molecule has 1 aromatic carbocycles. The summed E-state index contributed by atoms with van der Waals surface area (Å²) in [5.74, 6) is -0.411. The second kappa shape index (κ2) is 3.54. The highest BCUT2D eigenvalue weighted by molar-refractivity contribution is 14.1. The quantitative estimate of drug-likeness (QED) is 0.776. The first-order chi connectivity index (χ1) is 6.61. The Hall–Kier alpha value is -0.560. The van der Waals surface area contributed by atoms with E-state index >= 15 is 0 Å². The van der Waals surface area contributed by atoms with E-state index in [0.717, 1.165) is 14.6 Å². The smallest absolute Gasteiger partial charge is 0.250 e. The van der Waals surface area contributed by atoms with Crippen molar-refractivity contribution in [3.63, 3.8) is 0 Å². The third-order valence-electron chi connectivity index (χ3n) is 1.99. The molecule has 0 unspecified atom stereocenters. The molecule has 1 heterocycles. The van der Waals surface area contributed by atoms with E-state index in [-0.39, 0.29) is 0 Å². The second-order valence-corrected chi connectivity index (χ2v) is 4.67. The highest BCUT2D eigenvalue weighted by Gasteiger charge is 2.11. The minimum atomic E-state index is -0.411. The van der Waals surface area contributed by atoms with Crippen LogP contribution in [-0.2, 0) is 0 Å².